The predicted octanol–water partition coefficient (Wildman–Crippen LogP) is 1.29. The van der Waals surface area contributed by atoms with E-state index in [9.17, 15) is 14.7 Å². The Morgan fingerprint density at radius 1 is 1.12 bits per heavy atom. The lowest BCUT2D eigenvalue weighted by molar-refractivity contribution is -0.120. The number of rotatable bonds is 5. The number of benzene rings is 2. The molecule has 0 aromatic heterocycles. The van der Waals surface area contributed by atoms with E-state index in [4.69, 9.17) is 5.11 Å². The maximum Gasteiger partial charge on any atom is 0.259 e. The average Bonchev–Trinajstić information content (AvgIpc) is 2.55. The number of aromatic hydroxyl groups is 2. The van der Waals surface area contributed by atoms with Crippen LogP contribution in [0.1, 0.15) is 21.5 Å². The Morgan fingerprint density at radius 2 is 1.83 bits per heavy atom. The van der Waals surface area contributed by atoms with E-state index < -0.39 is 5.91 Å². The molecule has 0 bridgehead atoms. The van der Waals surface area contributed by atoms with Gasteiger partial charge >= 0.3 is 0 Å². The molecule has 7 heteroatoms. The molecule has 0 fully saturated rings. The van der Waals surface area contributed by atoms with E-state index in [1.165, 1.54) is 18.3 Å². The van der Waals surface area contributed by atoms with E-state index in [2.05, 4.69) is 15.8 Å². The maximum absolute atomic E-state index is 11.8. The largest absolute Gasteiger partial charge is 0.508 e. The van der Waals surface area contributed by atoms with E-state index in [1.807, 2.05) is 19.1 Å². The summed E-state index contributed by atoms with van der Waals surface area (Å²) in [6, 6.07) is 10.9. The Balaban J connectivity index is 1.81. The van der Waals surface area contributed by atoms with Crippen molar-refractivity contribution in [1.82, 2.24) is 10.7 Å². The Kier molecular flexibility index (Phi) is 5.51. The SMILES string of the molecule is Cc1ccc(C(=O)NCC(=O)NN=Cc2ccc(O)cc2O)cc1. The van der Waals surface area contributed by atoms with Gasteiger partial charge in [0.05, 0.1) is 12.8 Å². The molecule has 0 aliphatic heterocycles. The van der Waals surface area contributed by atoms with Crippen LogP contribution in [-0.2, 0) is 4.79 Å². The van der Waals surface area contributed by atoms with Crippen LogP contribution in [0.4, 0.5) is 0 Å². The van der Waals surface area contributed by atoms with Gasteiger partial charge in [-0.1, -0.05) is 17.7 Å². The molecule has 0 radical (unpaired) electrons. The van der Waals surface area contributed by atoms with Crippen LogP contribution in [0.5, 0.6) is 11.5 Å². The third-order valence-electron chi connectivity index (χ3n) is 3.13. The van der Waals surface area contributed by atoms with Crippen molar-refractivity contribution in [2.24, 2.45) is 5.10 Å². The van der Waals surface area contributed by atoms with Gasteiger partial charge in [-0.3, -0.25) is 9.59 Å². The molecule has 0 heterocycles. The minimum Gasteiger partial charge on any atom is -0.508 e. The molecule has 0 atom stereocenters. The summed E-state index contributed by atoms with van der Waals surface area (Å²) in [7, 11) is 0. The number of carbonyl (C=O) groups excluding carboxylic acids is 2. The van der Waals surface area contributed by atoms with E-state index in [1.54, 1.807) is 12.1 Å². The fourth-order valence-corrected chi connectivity index (χ4v) is 1.82. The summed E-state index contributed by atoms with van der Waals surface area (Å²) in [5, 5.41) is 24.9. The highest BCUT2D eigenvalue weighted by molar-refractivity contribution is 5.96. The van der Waals surface area contributed by atoms with Crippen LogP contribution in [0.2, 0.25) is 0 Å². The molecule has 0 saturated carbocycles. The Hall–Kier alpha value is -3.35. The fraction of sp³-hybridized carbons (Fsp3) is 0.118. The number of hydrogen-bond donors (Lipinski definition) is 4. The van der Waals surface area contributed by atoms with E-state index in [0.29, 0.717) is 11.1 Å². The zero-order chi connectivity index (χ0) is 17.5. The molecule has 2 aromatic carbocycles. The third-order valence-corrected chi connectivity index (χ3v) is 3.13. The first-order chi connectivity index (χ1) is 11.5. The highest BCUT2D eigenvalue weighted by atomic mass is 16.3. The molecule has 2 aromatic rings. The molecule has 124 valence electrons. The first-order valence-corrected chi connectivity index (χ1v) is 7.14. The van der Waals surface area contributed by atoms with Crippen molar-refractivity contribution < 1.29 is 19.8 Å². The number of nitrogens with zero attached hydrogens (tertiary/aromatic N) is 1. The summed E-state index contributed by atoms with van der Waals surface area (Å²) < 4.78 is 0. The number of phenols is 2. The van der Waals surface area contributed by atoms with Gasteiger partial charge in [0.2, 0.25) is 0 Å². The molecule has 2 amide bonds. The average molecular weight is 327 g/mol. The van der Waals surface area contributed by atoms with Crippen molar-refractivity contribution in [3.8, 4) is 11.5 Å². The van der Waals surface area contributed by atoms with Crippen molar-refractivity contribution >= 4 is 18.0 Å². The van der Waals surface area contributed by atoms with Crippen LogP contribution < -0.4 is 10.7 Å². The number of aryl methyl sites for hydroxylation is 1. The second-order valence-electron chi connectivity index (χ2n) is 5.09. The number of hydrogen-bond acceptors (Lipinski definition) is 5. The van der Waals surface area contributed by atoms with Gasteiger partial charge in [-0.25, -0.2) is 5.43 Å². The molecule has 0 aliphatic carbocycles. The van der Waals surface area contributed by atoms with Crippen molar-refractivity contribution in [3.05, 3.63) is 59.2 Å². The van der Waals surface area contributed by atoms with Crippen LogP contribution in [0.15, 0.2) is 47.6 Å². The van der Waals surface area contributed by atoms with Gasteiger partial charge in [0.1, 0.15) is 11.5 Å². The number of hydrazone groups is 1. The van der Waals surface area contributed by atoms with Crippen LogP contribution in [0.25, 0.3) is 0 Å². The Labute approximate surface area is 138 Å². The third kappa shape index (κ3) is 4.84. The van der Waals surface area contributed by atoms with Crippen molar-refractivity contribution in [2.45, 2.75) is 6.92 Å². The van der Waals surface area contributed by atoms with Gasteiger partial charge in [-0.15, -0.1) is 0 Å². The van der Waals surface area contributed by atoms with Crippen molar-refractivity contribution in [2.75, 3.05) is 6.54 Å². The Bertz CT molecular complexity index is 770. The number of carbonyl (C=O) groups is 2. The predicted molar refractivity (Wildman–Crippen MR) is 89.0 cm³/mol. The monoisotopic (exact) mass is 327 g/mol. The van der Waals surface area contributed by atoms with Gasteiger partial charge < -0.3 is 15.5 Å². The summed E-state index contributed by atoms with van der Waals surface area (Å²) in [6.07, 6.45) is 1.23. The molecular formula is C17H17N3O4. The first-order valence-electron chi connectivity index (χ1n) is 7.14. The van der Waals surface area contributed by atoms with Gasteiger partial charge in [0.25, 0.3) is 11.8 Å². The van der Waals surface area contributed by atoms with Crippen molar-refractivity contribution in [1.29, 1.82) is 0 Å². The standard InChI is InChI=1S/C17H17N3O4/c1-11-2-4-12(5-3-11)17(24)18-10-16(23)20-19-9-13-6-7-14(21)8-15(13)22/h2-9,21-22H,10H2,1H3,(H,18,24)(H,20,23). The lowest BCUT2D eigenvalue weighted by Gasteiger charge is -2.04. The van der Waals surface area contributed by atoms with E-state index >= 15 is 0 Å². The molecule has 24 heavy (non-hydrogen) atoms. The number of nitrogens with one attached hydrogen (secondary N) is 2. The number of amides is 2. The highest BCUT2D eigenvalue weighted by Gasteiger charge is 2.07. The summed E-state index contributed by atoms with van der Waals surface area (Å²) >= 11 is 0. The Morgan fingerprint density at radius 3 is 2.50 bits per heavy atom. The summed E-state index contributed by atoms with van der Waals surface area (Å²) in [4.78, 5) is 23.5. The zero-order valence-electron chi connectivity index (χ0n) is 13.0. The summed E-state index contributed by atoms with van der Waals surface area (Å²) in [5.41, 5.74) is 4.06. The summed E-state index contributed by atoms with van der Waals surface area (Å²) in [6.45, 7) is 1.69. The van der Waals surface area contributed by atoms with Gasteiger partial charge in [0, 0.05) is 17.2 Å². The lowest BCUT2D eigenvalue weighted by atomic mass is 10.1. The minimum atomic E-state index is -0.509. The highest BCUT2D eigenvalue weighted by Crippen LogP contribution is 2.20. The molecule has 4 N–H and O–H groups in total. The quantitative estimate of drug-likeness (QED) is 0.490. The van der Waals surface area contributed by atoms with Crippen LogP contribution in [0, 0.1) is 6.92 Å². The van der Waals surface area contributed by atoms with E-state index in [0.717, 1.165) is 11.6 Å². The molecule has 0 spiro atoms. The van der Waals surface area contributed by atoms with Gasteiger partial charge in [-0.2, -0.15) is 5.10 Å². The fourth-order valence-electron chi connectivity index (χ4n) is 1.82. The molecule has 0 saturated heterocycles. The molecule has 0 aliphatic rings. The second kappa shape index (κ2) is 7.77. The normalized spacial score (nSPS) is 10.5. The number of phenolic OH excluding ortho intramolecular Hbond substituents is 2. The van der Waals surface area contributed by atoms with E-state index in [-0.39, 0.29) is 24.0 Å². The van der Waals surface area contributed by atoms with Crippen molar-refractivity contribution in [3.63, 3.8) is 0 Å². The maximum atomic E-state index is 11.8. The molecular weight excluding hydrogens is 310 g/mol. The second-order valence-corrected chi connectivity index (χ2v) is 5.09. The van der Waals surface area contributed by atoms with Crippen LogP contribution in [-0.4, -0.2) is 34.8 Å². The lowest BCUT2D eigenvalue weighted by Crippen LogP contribution is -2.34. The smallest absolute Gasteiger partial charge is 0.259 e. The molecule has 2 rings (SSSR count). The topological polar surface area (TPSA) is 111 Å². The van der Waals surface area contributed by atoms with Gasteiger partial charge in [-0.05, 0) is 31.2 Å². The zero-order valence-corrected chi connectivity index (χ0v) is 13.0. The van der Waals surface area contributed by atoms with Crippen LogP contribution >= 0.6 is 0 Å². The minimum absolute atomic E-state index is 0.0764. The molecule has 0 unspecified atom stereocenters. The summed E-state index contributed by atoms with van der Waals surface area (Å²) in [5.74, 6) is -1.11. The van der Waals surface area contributed by atoms with Crippen LogP contribution in [0.3, 0.4) is 0 Å². The first kappa shape index (κ1) is 17.0. The van der Waals surface area contributed by atoms with Gasteiger partial charge in [0.15, 0.2) is 0 Å². The molecule has 7 nitrogen and oxygen atoms in total.